The van der Waals surface area contributed by atoms with Crippen LogP contribution >= 0.6 is 11.6 Å². The molecule has 2 N–H and O–H groups in total. The fourth-order valence-electron chi connectivity index (χ4n) is 5.18. The van der Waals surface area contributed by atoms with Crippen molar-refractivity contribution in [2.45, 2.75) is 68.3 Å². The highest BCUT2D eigenvalue weighted by Gasteiger charge is 2.48. The molecule has 0 bridgehead atoms. The van der Waals surface area contributed by atoms with Crippen molar-refractivity contribution in [2.75, 3.05) is 19.6 Å². The highest BCUT2D eigenvalue weighted by atomic mass is 35.5. The van der Waals surface area contributed by atoms with Crippen molar-refractivity contribution in [1.29, 1.82) is 0 Å². The zero-order valence-corrected chi connectivity index (χ0v) is 24.9. The summed E-state index contributed by atoms with van der Waals surface area (Å²) in [7, 11) is -4.19. The Balaban J connectivity index is 1.49. The summed E-state index contributed by atoms with van der Waals surface area (Å²) in [6.07, 6.45) is 0.661. The molecule has 0 unspecified atom stereocenters. The third kappa shape index (κ3) is 6.66. The van der Waals surface area contributed by atoms with E-state index in [4.69, 9.17) is 11.6 Å². The third-order valence-corrected chi connectivity index (χ3v) is 9.93. The van der Waals surface area contributed by atoms with E-state index >= 15 is 4.39 Å². The van der Waals surface area contributed by atoms with Gasteiger partial charge in [-0.15, -0.1) is 0 Å². The number of nitrogens with zero attached hydrogens (tertiary/aromatic N) is 2. The minimum absolute atomic E-state index is 0.0638. The van der Waals surface area contributed by atoms with Gasteiger partial charge in [-0.1, -0.05) is 41.9 Å². The van der Waals surface area contributed by atoms with Gasteiger partial charge in [-0.25, -0.2) is 21.6 Å². The molecule has 0 aromatic heterocycles. The molecule has 0 spiro atoms. The Hall–Kier alpha value is -2.93. The minimum Gasteiger partial charge on any atom is -0.389 e. The molecule has 2 amide bonds. The fraction of sp³-hybridized carbons (Fsp3) is 0.448. The highest BCUT2D eigenvalue weighted by Crippen LogP contribution is 2.39. The van der Waals surface area contributed by atoms with Crippen LogP contribution in [-0.4, -0.2) is 77.9 Å². The van der Waals surface area contributed by atoms with Gasteiger partial charge in [-0.3, -0.25) is 9.59 Å². The number of carbonyl (C=O) groups is 2. The molecule has 2 heterocycles. The number of aliphatic hydroxyl groups is 1. The van der Waals surface area contributed by atoms with Crippen LogP contribution in [0.5, 0.6) is 0 Å². The zero-order chi connectivity index (χ0) is 31.0. The van der Waals surface area contributed by atoms with Gasteiger partial charge in [0.15, 0.2) is 5.67 Å². The molecule has 2 aromatic rings. The summed E-state index contributed by atoms with van der Waals surface area (Å²) in [4.78, 5) is 25.8. The molecule has 42 heavy (non-hydrogen) atoms. The van der Waals surface area contributed by atoms with E-state index in [1.807, 2.05) is 0 Å². The fourth-order valence-corrected chi connectivity index (χ4v) is 7.23. The molecule has 4 atom stereocenters. The monoisotopic (exact) mass is 627 g/mol. The number of halogens is 4. The van der Waals surface area contributed by atoms with Crippen molar-refractivity contribution in [3.8, 4) is 11.1 Å². The lowest BCUT2D eigenvalue weighted by Crippen LogP contribution is -2.58. The minimum atomic E-state index is -4.19. The molecule has 0 radical (unpaired) electrons. The summed E-state index contributed by atoms with van der Waals surface area (Å²) in [5.74, 6) is -4.49. The maximum atomic E-state index is 15.9. The standard InChI is InChI=1S/C29H33ClF3N3O5S/c1-18(8-11-26(38)35-16-29(32,33)17-35)34-27(39)28(31)12-13-36(19(2)15-28)42(40,41)25-10-9-21(20(3)37)14-23(25)22-6-4-5-7-24(22)30/h4-11,14,18-20,37H,12-13,15-17H2,1-3H3,(H,34,39)/b11-8+/t18-,19-,20-,28+/m1/s1. The molecular weight excluding hydrogens is 595 g/mol. The molecule has 4 rings (SSSR count). The van der Waals surface area contributed by atoms with Gasteiger partial charge in [-0.2, -0.15) is 4.31 Å². The van der Waals surface area contributed by atoms with Crippen molar-refractivity contribution >= 4 is 33.4 Å². The molecule has 2 aromatic carbocycles. The zero-order valence-electron chi connectivity index (χ0n) is 23.4. The molecule has 2 fully saturated rings. The van der Waals surface area contributed by atoms with Gasteiger partial charge >= 0.3 is 0 Å². The number of hydrogen-bond donors (Lipinski definition) is 2. The lowest BCUT2D eigenvalue weighted by molar-refractivity contribution is -0.160. The molecule has 2 aliphatic rings. The van der Waals surface area contributed by atoms with Crippen LogP contribution in [0.3, 0.4) is 0 Å². The second-order valence-corrected chi connectivity index (χ2v) is 13.2. The summed E-state index contributed by atoms with van der Waals surface area (Å²) >= 11 is 6.40. The number of piperidine rings is 1. The molecule has 2 aliphatic heterocycles. The number of nitrogens with one attached hydrogen (secondary N) is 1. The van der Waals surface area contributed by atoms with Crippen molar-refractivity contribution in [2.24, 2.45) is 0 Å². The molecule has 0 saturated carbocycles. The second-order valence-electron chi connectivity index (χ2n) is 11.0. The average Bonchev–Trinajstić information content (AvgIpc) is 2.90. The summed E-state index contributed by atoms with van der Waals surface area (Å²) in [5, 5.41) is 12.9. The Morgan fingerprint density at radius 2 is 1.79 bits per heavy atom. The Morgan fingerprint density at radius 3 is 2.38 bits per heavy atom. The molecular formula is C29H33ClF3N3O5S. The van der Waals surface area contributed by atoms with Crippen LogP contribution in [0.4, 0.5) is 13.2 Å². The molecule has 8 nitrogen and oxygen atoms in total. The van der Waals surface area contributed by atoms with E-state index < -0.39 is 77.5 Å². The van der Waals surface area contributed by atoms with E-state index in [2.05, 4.69) is 5.32 Å². The van der Waals surface area contributed by atoms with Gasteiger partial charge < -0.3 is 15.3 Å². The number of amides is 2. The predicted octanol–water partition coefficient (Wildman–Crippen LogP) is 4.48. The van der Waals surface area contributed by atoms with Gasteiger partial charge in [0.1, 0.15) is 0 Å². The summed E-state index contributed by atoms with van der Waals surface area (Å²) in [6.45, 7) is 2.95. The van der Waals surface area contributed by atoms with Crippen LogP contribution < -0.4 is 5.32 Å². The van der Waals surface area contributed by atoms with Gasteiger partial charge in [0.2, 0.25) is 15.9 Å². The quantitative estimate of drug-likeness (QED) is 0.420. The second kappa shape index (κ2) is 12.0. The number of alkyl halides is 3. The summed E-state index contributed by atoms with van der Waals surface area (Å²) < 4.78 is 70.9. The largest absolute Gasteiger partial charge is 0.389 e. The van der Waals surface area contributed by atoms with Gasteiger partial charge in [-0.05, 0) is 44.5 Å². The first-order valence-electron chi connectivity index (χ1n) is 13.5. The molecule has 13 heteroatoms. The molecule has 0 aliphatic carbocycles. The first kappa shape index (κ1) is 32.0. The van der Waals surface area contributed by atoms with Crippen molar-refractivity contribution in [3.05, 3.63) is 65.2 Å². The Morgan fingerprint density at radius 1 is 1.12 bits per heavy atom. The van der Waals surface area contributed by atoms with Crippen LogP contribution in [0.2, 0.25) is 5.02 Å². The van der Waals surface area contributed by atoms with E-state index in [-0.39, 0.29) is 17.0 Å². The van der Waals surface area contributed by atoms with Crippen LogP contribution in [0.25, 0.3) is 11.1 Å². The van der Waals surface area contributed by atoms with Crippen LogP contribution in [0, 0.1) is 0 Å². The van der Waals surface area contributed by atoms with Crippen LogP contribution in [-0.2, 0) is 19.6 Å². The Kier molecular flexibility index (Phi) is 9.13. The van der Waals surface area contributed by atoms with Crippen LogP contribution in [0.15, 0.2) is 59.5 Å². The number of likely N-dealkylation sites (tertiary alicyclic amines) is 1. The topological polar surface area (TPSA) is 107 Å². The van der Waals surface area contributed by atoms with Crippen molar-refractivity contribution in [3.63, 3.8) is 0 Å². The summed E-state index contributed by atoms with van der Waals surface area (Å²) in [6, 6.07) is 9.50. The lowest BCUT2D eigenvalue weighted by atomic mass is 9.89. The molecule has 228 valence electrons. The van der Waals surface area contributed by atoms with E-state index in [9.17, 15) is 31.9 Å². The SMILES string of the molecule is C[C@H](/C=C/C(=O)N1CC(F)(F)C1)NC(=O)[C@]1(F)CCN(S(=O)(=O)c2ccc([C@@H](C)O)cc2-c2ccccc2Cl)[C@H](C)C1. The van der Waals surface area contributed by atoms with Gasteiger partial charge in [0.05, 0.1) is 24.1 Å². The first-order valence-corrected chi connectivity index (χ1v) is 15.3. The maximum absolute atomic E-state index is 15.9. The van der Waals surface area contributed by atoms with Gasteiger partial charge in [0, 0.05) is 53.7 Å². The third-order valence-electron chi connectivity index (χ3n) is 7.52. The first-order chi connectivity index (χ1) is 19.5. The molecule has 2 saturated heterocycles. The number of benzene rings is 2. The van der Waals surface area contributed by atoms with Crippen LogP contribution in [0.1, 0.15) is 45.3 Å². The Labute approximate surface area is 248 Å². The number of carbonyl (C=O) groups excluding carboxylic acids is 2. The van der Waals surface area contributed by atoms with E-state index in [0.29, 0.717) is 16.1 Å². The predicted molar refractivity (Wildman–Crippen MR) is 152 cm³/mol. The number of rotatable bonds is 8. The smallest absolute Gasteiger partial charge is 0.282 e. The number of hydrogen-bond acceptors (Lipinski definition) is 5. The normalized spacial score (nSPS) is 24.2. The lowest BCUT2D eigenvalue weighted by Gasteiger charge is -2.40. The number of aliphatic hydroxyl groups excluding tert-OH is 1. The Bertz CT molecular complexity index is 1500. The summed E-state index contributed by atoms with van der Waals surface area (Å²) in [5.41, 5.74) is -1.15. The van der Waals surface area contributed by atoms with Crippen molar-refractivity contribution in [1.82, 2.24) is 14.5 Å². The van der Waals surface area contributed by atoms with E-state index in [1.165, 1.54) is 32.1 Å². The van der Waals surface area contributed by atoms with E-state index in [0.717, 1.165) is 15.3 Å². The number of sulfonamides is 1. The highest BCUT2D eigenvalue weighted by molar-refractivity contribution is 7.89. The maximum Gasteiger partial charge on any atom is 0.282 e. The van der Waals surface area contributed by atoms with E-state index in [1.54, 1.807) is 37.3 Å². The van der Waals surface area contributed by atoms with Crippen molar-refractivity contribution < 1.29 is 36.3 Å². The van der Waals surface area contributed by atoms with Gasteiger partial charge in [0.25, 0.3) is 11.8 Å². The average molecular weight is 628 g/mol.